The monoisotopic (exact) mass is 199 g/mol. The van der Waals surface area contributed by atoms with Crippen molar-refractivity contribution >= 4 is 24.3 Å². The highest BCUT2D eigenvalue weighted by Crippen LogP contribution is 2.15. The number of thiol groups is 1. The number of carboxylic acid groups (broad SMARTS) is 1. The van der Waals surface area contributed by atoms with Crippen LogP contribution in [0.15, 0.2) is 23.1 Å². The van der Waals surface area contributed by atoms with E-state index in [2.05, 4.69) is 12.6 Å². The Morgan fingerprint density at radius 3 is 2.38 bits per heavy atom. The molecule has 0 aromatic heterocycles. The van der Waals surface area contributed by atoms with Gasteiger partial charge in [0.2, 0.25) is 0 Å². The second-order valence-electron chi connectivity index (χ2n) is 2.08. The lowest BCUT2D eigenvalue weighted by atomic mass is 10.2. The Labute approximate surface area is 83.0 Å². The van der Waals surface area contributed by atoms with Crippen LogP contribution in [0.2, 0.25) is 0 Å². The molecule has 1 rings (SSSR count). The Hall–Kier alpha value is -1.16. The molecule has 0 amide bonds. The summed E-state index contributed by atoms with van der Waals surface area (Å²) in [5.74, 6) is -1.03. The molecule has 0 unspecified atom stereocenters. The minimum absolute atomic E-state index is 0.0949. The minimum atomic E-state index is -1.03. The number of carbonyl (C=O) groups is 1. The molecule has 4 heteroatoms. The van der Waals surface area contributed by atoms with Gasteiger partial charge in [-0.15, -0.1) is 12.6 Å². The van der Waals surface area contributed by atoms with Gasteiger partial charge in [-0.2, -0.15) is 0 Å². The summed E-state index contributed by atoms with van der Waals surface area (Å²) in [5, 5.41) is 8.58. The number of benzene rings is 1. The van der Waals surface area contributed by atoms with E-state index in [0.29, 0.717) is 4.90 Å². The van der Waals surface area contributed by atoms with Crippen molar-refractivity contribution in [2.24, 2.45) is 0 Å². The summed E-state index contributed by atoms with van der Waals surface area (Å²) in [6, 6.07) is 4.58. The fraction of sp³-hybridized carbons (Fsp3) is 0.222. The highest BCUT2D eigenvalue weighted by molar-refractivity contribution is 7.80. The Kier molecular flexibility index (Phi) is 4.99. The summed E-state index contributed by atoms with van der Waals surface area (Å²) in [7, 11) is 0. The molecule has 3 N–H and O–H groups in total. The molecule has 0 aliphatic heterocycles. The van der Waals surface area contributed by atoms with E-state index in [-0.39, 0.29) is 11.3 Å². The Balaban J connectivity index is 0.000000671. The molecular formula is C9H13NO2S. The van der Waals surface area contributed by atoms with E-state index in [1.54, 1.807) is 6.07 Å². The maximum atomic E-state index is 10.5. The maximum Gasteiger partial charge on any atom is 0.337 e. The van der Waals surface area contributed by atoms with Crippen molar-refractivity contribution in [1.82, 2.24) is 0 Å². The summed E-state index contributed by atoms with van der Waals surface area (Å²) < 4.78 is 0. The molecule has 0 saturated heterocycles. The van der Waals surface area contributed by atoms with Gasteiger partial charge in [0, 0.05) is 10.6 Å². The van der Waals surface area contributed by atoms with E-state index in [1.807, 2.05) is 13.8 Å². The van der Waals surface area contributed by atoms with Gasteiger partial charge in [0.1, 0.15) is 0 Å². The molecule has 0 fully saturated rings. The van der Waals surface area contributed by atoms with Gasteiger partial charge in [-0.05, 0) is 18.2 Å². The van der Waals surface area contributed by atoms with Gasteiger partial charge in [-0.1, -0.05) is 13.8 Å². The molecule has 0 saturated carbocycles. The van der Waals surface area contributed by atoms with Crippen molar-refractivity contribution in [3.8, 4) is 0 Å². The third-order valence-electron chi connectivity index (χ3n) is 1.27. The van der Waals surface area contributed by atoms with Crippen LogP contribution in [0.4, 0.5) is 5.69 Å². The summed E-state index contributed by atoms with van der Waals surface area (Å²) in [6.07, 6.45) is 0. The quantitative estimate of drug-likeness (QED) is 0.480. The van der Waals surface area contributed by atoms with Crippen LogP contribution < -0.4 is 5.73 Å². The first-order valence-electron chi connectivity index (χ1n) is 3.93. The summed E-state index contributed by atoms with van der Waals surface area (Å²) in [6.45, 7) is 4.00. The summed E-state index contributed by atoms with van der Waals surface area (Å²) in [5.41, 5.74) is 5.73. The molecule has 1 aromatic carbocycles. The standard InChI is InChI=1S/C7H7NO2S.C2H6/c8-6-2-1-4(11)3-5(6)7(9)10;1-2/h1-3,11H,8H2,(H,9,10);1-2H3. The number of hydrogen-bond acceptors (Lipinski definition) is 3. The normalized spacial score (nSPS) is 8.54. The van der Waals surface area contributed by atoms with Gasteiger partial charge in [-0.3, -0.25) is 0 Å². The van der Waals surface area contributed by atoms with E-state index >= 15 is 0 Å². The number of nitrogens with two attached hydrogens (primary N) is 1. The van der Waals surface area contributed by atoms with Crippen molar-refractivity contribution in [3.63, 3.8) is 0 Å². The van der Waals surface area contributed by atoms with E-state index in [0.717, 1.165) is 0 Å². The predicted molar refractivity (Wildman–Crippen MR) is 56.4 cm³/mol. The van der Waals surface area contributed by atoms with Gasteiger partial charge in [0.25, 0.3) is 0 Å². The Morgan fingerprint density at radius 2 is 2.00 bits per heavy atom. The second kappa shape index (κ2) is 5.48. The first-order valence-corrected chi connectivity index (χ1v) is 4.38. The van der Waals surface area contributed by atoms with Gasteiger partial charge >= 0.3 is 5.97 Å². The predicted octanol–water partition coefficient (Wildman–Crippen LogP) is 2.28. The lowest BCUT2D eigenvalue weighted by Crippen LogP contribution is -2.01. The molecule has 1 aromatic rings. The maximum absolute atomic E-state index is 10.5. The number of anilines is 1. The van der Waals surface area contributed by atoms with Crippen molar-refractivity contribution in [2.45, 2.75) is 18.7 Å². The SMILES string of the molecule is CC.Nc1ccc(S)cc1C(=O)O. The number of rotatable bonds is 1. The zero-order valence-corrected chi connectivity index (χ0v) is 8.51. The molecule has 0 spiro atoms. The molecule has 3 nitrogen and oxygen atoms in total. The topological polar surface area (TPSA) is 63.3 Å². The average molecular weight is 199 g/mol. The molecule has 0 aliphatic rings. The highest BCUT2D eigenvalue weighted by atomic mass is 32.1. The first kappa shape index (κ1) is 11.8. The van der Waals surface area contributed by atoms with Crippen LogP contribution in [0.5, 0.6) is 0 Å². The Bertz CT molecular complexity index is 300. The number of carboxylic acids is 1. The van der Waals surface area contributed by atoms with Gasteiger partial charge in [0.15, 0.2) is 0 Å². The smallest absolute Gasteiger partial charge is 0.337 e. The van der Waals surface area contributed by atoms with Gasteiger partial charge < -0.3 is 10.8 Å². The summed E-state index contributed by atoms with van der Waals surface area (Å²) in [4.78, 5) is 11.1. The van der Waals surface area contributed by atoms with Crippen LogP contribution in [0.1, 0.15) is 24.2 Å². The van der Waals surface area contributed by atoms with E-state index in [4.69, 9.17) is 10.8 Å². The number of aromatic carboxylic acids is 1. The summed E-state index contributed by atoms with van der Waals surface area (Å²) >= 11 is 3.98. The van der Waals surface area contributed by atoms with E-state index in [1.165, 1.54) is 12.1 Å². The molecule has 0 bridgehead atoms. The zero-order chi connectivity index (χ0) is 10.4. The van der Waals surface area contributed by atoms with Crippen LogP contribution in [-0.4, -0.2) is 11.1 Å². The molecule has 0 radical (unpaired) electrons. The van der Waals surface area contributed by atoms with Crippen LogP contribution in [0.25, 0.3) is 0 Å². The fourth-order valence-corrected chi connectivity index (χ4v) is 0.933. The second-order valence-corrected chi connectivity index (χ2v) is 2.59. The van der Waals surface area contributed by atoms with Crippen LogP contribution >= 0.6 is 12.6 Å². The van der Waals surface area contributed by atoms with Gasteiger partial charge in [0.05, 0.1) is 5.56 Å². The number of hydrogen-bond donors (Lipinski definition) is 3. The van der Waals surface area contributed by atoms with Crippen LogP contribution in [0, 0.1) is 0 Å². The Morgan fingerprint density at radius 1 is 1.46 bits per heavy atom. The number of nitrogen functional groups attached to an aromatic ring is 1. The third-order valence-corrected chi connectivity index (χ3v) is 1.55. The fourth-order valence-electron chi connectivity index (χ4n) is 0.729. The largest absolute Gasteiger partial charge is 0.478 e. The highest BCUT2D eigenvalue weighted by Gasteiger charge is 2.06. The van der Waals surface area contributed by atoms with Crippen LogP contribution in [-0.2, 0) is 0 Å². The lowest BCUT2D eigenvalue weighted by molar-refractivity contribution is 0.0698. The van der Waals surface area contributed by atoms with Crippen LogP contribution in [0.3, 0.4) is 0 Å². The minimum Gasteiger partial charge on any atom is -0.478 e. The lowest BCUT2D eigenvalue weighted by Gasteiger charge is -1.99. The van der Waals surface area contributed by atoms with Crippen molar-refractivity contribution < 1.29 is 9.90 Å². The zero-order valence-electron chi connectivity index (χ0n) is 7.61. The van der Waals surface area contributed by atoms with E-state index in [9.17, 15) is 4.79 Å². The first-order chi connectivity index (χ1) is 6.11. The molecule has 72 valence electrons. The average Bonchev–Trinajstić information content (AvgIpc) is 2.12. The molecule has 0 atom stereocenters. The van der Waals surface area contributed by atoms with Crippen molar-refractivity contribution in [3.05, 3.63) is 23.8 Å². The molecule has 0 heterocycles. The molecule has 0 aliphatic carbocycles. The van der Waals surface area contributed by atoms with Crippen molar-refractivity contribution in [2.75, 3.05) is 5.73 Å². The molecular weight excluding hydrogens is 186 g/mol. The van der Waals surface area contributed by atoms with E-state index < -0.39 is 5.97 Å². The third kappa shape index (κ3) is 3.38. The molecule has 13 heavy (non-hydrogen) atoms. The van der Waals surface area contributed by atoms with Gasteiger partial charge in [-0.25, -0.2) is 4.79 Å². The van der Waals surface area contributed by atoms with Crippen molar-refractivity contribution in [1.29, 1.82) is 0 Å².